The highest BCUT2D eigenvalue weighted by molar-refractivity contribution is 6.33. The predicted molar refractivity (Wildman–Crippen MR) is 97.9 cm³/mol. The summed E-state index contributed by atoms with van der Waals surface area (Å²) in [6.45, 7) is 4.84. The van der Waals surface area contributed by atoms with E-state index in [0.29, 0.717) is 23.2 Å². The lowest BCUT2D eigenvalue weighted by Crippen LogP contribution is -2.51. The molecule has 1 aromatic carbocycles. The highest BCUT2D eigenvalue weighted by Crippen LogP contribution is 2.31. The zero-order valence-corrected chi connectivity index (χ0v) is 14.9. The molecule has 1 aromatic rings. The summed E-state index contributed by atoms with van der Waals surface area (Å²) in [5.41, 5.74) is 1.73. The fourth-order valence-electron chi connectivity index (χ4n) is 3.77. The van der Waals surface area contributed by atoms with Crippen molar-refractivity contribution in [3.8, 4) is 0 Å². The highest BCUT2D eigenvalue weighted by atomic mass is 35.5. The number of carbonyl (C=O) groups excluding carboxylic acids is 1. The van der Waals surface area contributed by atoms with E-state index >= 15 is 0 Å². The molecule has 2 heterocycles. The van der Waals surface area contributed by atoms with E-state index in [1.54, 1.807) is 4.90 Å². The van der Waals surface area contributed by atoms with Crippen LogP contribution in [0.4, 0.5) is 16.2 Å². The number of benzene rings is 1. The Morgan fingerprint density at radius 1 is 1.29 bits per heavy atom. The van der Waals surface area contributed by atoms with Crippen LogP contribution >= 0.6 is 11.6 Å². The van der Waals surface area contributed by atoms with Gasteiger partial charge in [0.1, 0.15) is 0 Å². The lowest BCUT2D eigenvalue weighted by atomic mass is 9.91. The van der Waals surface area contributed by atoms with Gasteiger partial charge in [0.2, 0.25) is 0 Å². The van der Waals surface area contributed by atoms with E-state index in [0.717, 1.165) is 31.6 Å². The van der Waals surface area contributed by atoms with Crippen molar-refractivity contribution in [1.29, 1.82) is 0 Å². The standard InChI is InChI=1S/C18H26ClN3O2/c1-13-5-4-10-22(17(13)12-23)18(24)20-14-6-7-16(15(19)11-14)21-8-2-3-9-21/h6-7,11,13,17,23H,2-5,8-10,12H2,1H3,(H,20,24)/t13-,17-/m0/s1. The molecular formula is C18H26ClN3O2. The second kappa shape index (κ2) is 7.62. The summed E-state index contributed by atoms with van der Waals surface area (Å²) in [6.07, 6.45) is 4.42. The molecule has 2 N–H and O–H groups in total. The molecule has 6 heteroatoms. The second-order valence-corrected chi connectivity index (χ2v) is 7.26. The Morgan fingerprint density at radius 3 is 2.71 bits per heavy atom. The number of rotatable bonds is 3. The van der Waals surface area contributed by atoms with Crippen molar-refractivity contribution >= 4 is 29.0 Å². The molecule has 2 aliphatic heterocycles. The number of carbonyl (C=O) groups is 1. The zero-order chi connectivity index (χ0) is 17.1. The van der Waals surface area contributed by atoms with Gasteiger partial charge in [-0.15, -0.1) is 0 Å². The smallest absolute Gasteiger partial charge is 0.322 e. The topological polar surface area (TPSA) is 55.8 Å². The van der Waals surface area contributed by atoms with Gasteiger partial charge in [0.25, 0.3) is 0 Å². The van der Waals surface area contributed by atoms with Crippen molar-refractivity contribution in [2.24, 2.45) is 5.92 Å². The average Bonchev–Trinajstić information content (AvgIpc) is 3.09. The van der Waals surface area contributed by atoms with E-state index in [9.17, 15) is 9.90 Å². The van der Waals surface area contributed by atoms with Crippen LogP contribution in [0.2, 0.25) is 5.02 Å². The van der Waals surface area contributed by atoms with Crippen molar-refractivity contribution in [2.45, 2.75) is 38.6 Å². The Bertz CT molecular complexity index is 590. The van der Waals surface area contributed by atoms with Crippen LogP contribution in [0.15, 0.2) is 18.2 Å². The van der Waals surface area contributed by atoms with Gasteiger partial charge < -0.3 is 20.2 Å². The summed E-state index contributed by atoms with van der Waals surface area (Å²) in [5, 5.41) is 13.2. The van der Waals surface area contributed by atoms with Gasteiger partial charge in [-0.2, -0.15) is 0 Å². The normalized spacial score (nSPS) is 24.3. The third-order valence-corrected chi connectivity index (χ3v) is 5.51. The fourth-order valence-corrected chi connectivity index (χ4v) is 4.07. The third-order valence-electron chi connectivity index (χ3n) is 5.21. The molecule has 132 valence electrons. The molecular weight excluding hydrogens is 326 g/mol. The van der Waals surface area contributed by atoms with Crippen LogP contribution in [-0.4, -0.2) is 48.3 Å². The van der Waals surface area contributed by atoms with Crippen molar-refractivity contribution < 1.29 is 9.90 Å². The minimum Gasteiger partial charge on any atom is -0.394 e. The Kier molecular flexibility index (Phi) is 5.51. The molecule has 2 saturated heterocycles. The van der Waals surface area contributed by atoms with Crippen LogP contribution < -0.4 is 10.2 Å². The molecule has 2 aliphatic rings. The van der Waals surface area contributed by atoms with E-state index in [2.05, 4.69) is 17.1 Å². The van der Waals surface area contributed by atoms with E-state index in [4.69, 9.17) is 11.6 Å². The van der Waals surface area contributed by atoms with Crippen LogP contribution in [-0.2, 0) is 0 Å². The van der Waals surface area contributed by atoms with E-state index in [1.807, 2.05) is 18.2 Å². The molecule has 2 fully saturated rings. The van der Waals surface area contributed by atoms with Crippen molar-refractivity contribution in [3.05, 3.63) is 23.2 Å². The first-order chi connectivity index (χ1) is 11.6. The van der Waals surface area contributed by atoms with Gasteiger partial charge in [-0.1, -0.05) is 18.5 Å². The van der Waals surface area contributed by atoms with Gasteiger partial charge in [-0.25, -0.2) is 4.79 Å². The average molecular weight is 352 g/mol. The molecule has 0 aliphatic carbocycles. The highest BCUT2D eigenvalue weighted by Gasteiger charge is 2.31. The Hall–Kier alpha value is -1.46. The third kappa shape index (κ3) is 3.62. The van der Waals surface area contributed by atoms with E-state index in [-0.39, 0.29) is 18.7 Å². The van der Waals surface area contributed by atoms with Gasteiger partial charge in [0.05, 0.1) is 23.4 Å². The first-order valence-corrected chi connectivity index (χ1v) is 9.21. The summed E-state index contributed by atoms with van der Waals surface area (Å²) in [4.78, 5) is 16.6. The summed E-state index contributed by atoms with van der Waals surface area (Å²) >= 11 is 6.41. The number of anilines is 2. The van der Waals surface area contributed by atoms with Crippen LogP contribution in [0, 0.1) is 5.92 Å². The number of halogens is 1. The number of nitrogens with one attached hydrogen (secondary N) is 1. The predicted octanol–water partition coefficient (Wildman–Crippen LogP) is 3.56. The number of hydrogen-bond donors (Lipinski definition) is 2. The monoisotopic (exact) mass is 351 g/mol. The second-order valence-electron chi connectivity index (χ2n) is 6.85. The quantitative estimate of drug-likeness (QED) is 0.875. The Morgan fingerprint density at radius 2 is 2.04 bits per heavy atom. The molecule has 0 radical (unpaired) electrons. The Balaban J connectivity index is 1.68. The molecule has 3 rings (SSSR count). The molecule has 0 spiro atoms. The fraction of sp³-hybridized carbons (Fsp3) is 0.611. The van der Waals surface area contributed by atoms with E-state index in [1.165, 1.54) is 12.8 Å². The van der Waals surface area contributed by atoms with Gasteiger partial charge in [-0.05, 0) is 49.8 Å². The molecule has 0 bridgehead atoms. The van der Waals surface area contributed by atoms with Crippen molar-refractivity contribution in [2.75, 3.05) is 36.5 Å². The Labute approximate surface area is 148 Å². The van der Waals surface area contributed by atoms with Crippen LogP contribution in [0.1, 0.15) is 32.6 Å². The van der Waals surface area contributed by atoms with Gasteiger partial charge >= 0.3 is 6.03 Å². The molecule has 0 unspecified atom stereocenters. The van der Waals surface area contributed by atoms with Crippen LogP contribution in [0.3, 0.4) is 0 Å². The summed E-state index contributed by atoms with van der Waals surface area (Å²) < 4.78 is 0. The maximum Gasteiger partial charge on any atom is 0.322 e. The van der Waals surface area contributed by atoms with Crippen LogP contribution in [0.25, 0.3) is 0 Å². The summed E-state index contributed by atoms with van der Waals surface area (Å²) in [5.74, 6) is 0.315. The van der Waals surface area contributed by atoms with Gasteiger partial charge in [-0.3, -0.25) is 0 Å². The number of urea groups is 1. The lowest BCUT2D eigenvalue weighted by molar-refractivity contribution is 0.0811. The number of likely N-dealkylation sites (tertiary alicyclic amines) is 1. The maximum atomic E-state index is 12.6. The number of piperidine rings is 1. The maximum absolute atomic E-state index is 12.6. The first-order valence-electron chi connectivity index (χ1n) is 8.83. The number of amides is 2. The number of nitrogens with zero attached hydrogens (tertiary/aromatic N) is 2. The molecule has 2 atom stereocenters. The lowest BCUT2D eigenvalue weighted by Gasteiger charge is -2.38. The van der Waals surface area contributed by atoms with Crippen molar-refractivity contribution in [3.63, 3.8) is 0 Å². The zero-order valence-electron chi connectivity index (χ0n) is 14.2. The number of hydrogen-bond acceptors (Lipinski definition) is 3. The van der Waals surface area contributed by atoms with Gasteiger partial charge in [0.15, 0.2) is 0 Å². The minimum atomic E-state index is -0.161. The van der Waals surface area contributed by atoms with Crippen molar-refractivity contribution in [1.82, 2.24) is 4.90 Å². The first kappa shape index (κ1) is 17.4. The molecule has 24 heavy (non-hydrogen) atoms. The van der Waals surface area contributed by atoms with Gasteiger partial charge in [0, 0.05) is 25.3 Å². The van der Waals surface area contributed by atoms with E-state index < -0.39 is 0 Å². The minimum absolute atomic E-state index is 0.00321. The van der Waals surface area contributed by atoms with Crippen LogP contribution in [0.5, 0.6) is 0 Å². The molecule has 0 aromatic heterocycles. The largest absolute Gasteiger partial charge is 0.394 e. The summed E-state index contributed by atoms with van der Waals surface area (Å²) in [7, 11) is 0. The molecule has 2 amide bonds. The summed E-state index contributed by atoms with van der Waals surface area (Å²) in [6, 6.07) is 5.42. The molecule has 5 nitrogen and oxygen atoms in total. The number of aliphatic hydroxyl groups is 1. The number of aliphatic hydroxyl groups excluding tert-OH is 1. The molecule has 0 saturated carbocycles. The SMILES string of the molecule is C[C@H]1CCCN(C(=O)Nc2ccc(N3CCCC3)c(Cl)c2)[C@H]1CO.